The second-order valence-corrected chi connectivity index (χ2v) is 6.65. The summed E-state index contributed by atoms with van der Waals surface area (Å²) in [6.07, 6.45) is 1.11. The molecule has 136 valence electrons. The van der Waals surface area contributed by atoms with Crippen molar-refractivity contribution in [3.63, 3.8) is 0 Å². The first kappa shape index (κ1) is 22.9. The highest BCUT2D eigenvalue weighted by Crippen LogP contribution is 2.17. The topological polar surface area (TPSA) is 75.4 Å². The van der Waals surface area contributed by atoms with Crippen molar-refractivity contribution in [2.45, 2.75) is 39.3 Å². The Kier molecular flexibility index (Phi) is 10.9. The van der Waals surface area contributed by atoms with Crippen molar-refractivity contribution in [2.75, 3.05) is 13.6 Å². The van der Waals surface area contributed by atoms with Crippen molar-refractivity contribution in [1.82, 2.24) is 10.2 Å². The van der Waals surface area contributed by atoms with Gasteiger partial charge in [0, 0.05) is 31.0 Å². The molecule has 2 unspecified atom stereocenters. The smallest absolute Gasteiger partial charge is 0.237 e. The predicted octanol–water partition coefficient (Wildman–Crippen LogP) is 2.71. The van der Waals surface area contributed by atoms with E-state index in [9.17, 15) is 9.59 Å². The number of benzene rings is 1. The molecule has 0 spiro atoms. The largest absolute Gasteiger partial charge is 0.354 e. The molecular weight excluding hydrogens is 394 g/mol. The average Bonchev–Trinajstić information content (AvgIpc) is 2.55. The van der Waals surface area contributed by atoms with Crippen LogP contribution in [0.15, 0.2) is 28.7 Å². The maximum absolute atomic E-state index is 12.1. The lowest BCUT2D eigenvalue weighted by atomic mass is 9.99. The van der Waals surface area contributed by atoms with Gasteiger partial charge in [-0.1, -0.05) is 54.4 Å². The predicted molar refractivity (Wildman–Crippen MR) is 103 cm³/mol. The highest BCUT2D eigenvalue weighted by Gasteiger charge is 2.19. The lowest BCUT2D eigenvalue weighted by Crippen LogP contribution is -2.45. The van der Waals surface area contributed by atoms with Crippen LogP contribution < -0.4 is 11.1 Å². The van der Waals surface area contributed by atoms with Crippen LogP contribution in [0.5, 0.6) is 0 Å². The van der Waals surface area contributed by atoms with Crippen molar-refractivity contribution < 1.29 is 9.59 Å². The van der Waals surface area contributed by atoms with E-state index in [1.54, 1.807) is 11.9 Å². The molecule has 0 saturated heterocycles. The summed E-state index contributed by atoms with van der Waals surface area (Å²) in [7, 11) is 1.76. The molecule has 1 aromatic rings. The van der Waals surface area contributed by atoms with Gasteiger partial charge in [0.25, 0.3) is 0 Å². The molecule has 0 bridgehead atoms. The van der Waals surface area contributed by atoms with Crippen molar-refractivity contribution in [2.24, 2.45) is 11.7 Å². The van der Waals surface area contributed by atoms with Gasteiger partial charge in [-0.25, -0.2) is 0 Å². The van der Waals surface area contributed by atoms with E-state index in [0.717, 1.165) is 16.5 Å². The first-order chi connectivity index (χ1) is 10.9. The molecule has 0 radical (unpaired) electrons. The summed E-state index contributed by atoms with van der Waals surface area (Å²) in [4.78, 5) is 25.6. The van der Waals surface area contributed by atoms with Crippen molar-refractivity contribution in [1.29, 1.82) is 0 Å². The Balaban J connectivity index is 0.00000529. The molecule has 5 nitrogen and oxygen atoms in total. The highest BCUT2D eigenvalue weighted by atomic mass is 79.9. The SMILES string of the molecule is CCC(C)C(N)C(=O)NCCC(=O)N(C)Cc1ccccc1Br.Cl. The monoisotopic (exact) mass is 419 g/mol. The Bertz CT molecular complexity index is 542. The van der Waals surface area contributed by atoms with Crippen LogP contribution in [0.4, 0.5) is 0 Å². The molecule has 0 aromatic heterocycles. The van der Waals surface area contributed by atoms with Crippen molar-refractivity contribution in [3.05, 3.63) is 34.3 Å². The number of nitrogens with two attached hydrogens (primary N) is 1. The Morgan fingerprint density at radius 3 is 2.54 bits per heavy atom. The van der Waals surface area contributed by atoms with E-state index in [4.69, 9.17) is 5.73 Å². The molecule has 0 fully saturated rings. The van der Waals surface area contributed by atoms with Crippen LogP contribution >= 0.6 is 28.3 Å². The van der Waals surface area contributed by atoms with Crippen LogP contribution in [-0.2, 0) is 16.1 Å². The molecule has 0 aliphatic carbocycles. The normalized spacial score (nSPS) is 12.7. The third kappa shape index (κ3) is 7.20. The first-order valence-corrected chi connectivity index (χ1v) is 8.66. The number of hydrogen-bond acceptors (Lipinski definition) is 3. The number of nitrogens with one attached hydrogen (secondary N) is 1. The molecule has 3 N–H and O–H groups in total. The molecule has 0 heterocycles. The van der Waals surface area contributed by atoms with E-state index in [0.29, 0.717) is 13.1 Å². The molecule has 0 aliphatic rings. The molecule has 24 heavy (non-hydrogen) atoms. The van der Waals surface area contributed by atoms with E-state index in [-0.39, 0.29) is 36.6 Å². The number of carbonyl (C=O) groups excluding carboxylic acids is 2. The fourth-order valence-corrected chi connectivity index (χ4v) is 2.49. The summed E-state index contributed by atoms with van der Waals surface area (Å²) in [5, 5.41) is 2.74. The molecule has 2 amide bonds. The maximum Gasteiger partial charge on any atom is 0.237 e. The molecule has 0 saturated carbocycles. The lowest BCUT2D eigenvalue weighted by Gasteiger charge is -2.20. The summed E-state index contributed by atoms with van der Waals surface area (Å²) in [5.74, 6) is -0.0809. The van der Waals surface area contributed by atoms with E-state index in [1.807, 2.05) is 38.1 Å². The van der Waals surface area contributed by atoms with Crippen LogP contribution in [0.1, 0.15) is 32.3 Å². The minimum Gasteiger partial charge on any atom is -0.354 e. The van der Waals surface area contributed by atoms with Gasteiger partial charge in [0.15, 0.2) is 0 Å². The van der Waals surface area contributed by atoms with Crippen LogP contribution in [0.3, 0.4) is 0 Å². The fourth-order valence-electron chi connectivity index (χ4n) is 2.08. The van der Waals surface area contributed by atoms with Crippen LogP contribution in [0.25, 0.3) is 0 Å². The summed E-state index contributed by atoms with van der Waals surface area (Å²) in [6.45, 7) is 4.78. The van der Waals surface area contributed by atoms with Gasteiger partial charge in [0.2, 0.25) is 11.8 Å². The summed E-state index contributed by atoms with van der Waals surface area (Å²) in [5.41, 5.74) is 6.90. The van der Waals surface area contributed by atoms with Gasteiger partial charge in [-0.3, -0.25) is 9.59 Å². The number of carbonyl (C=O) groups is 2. The number of nitrogens with zero attached hydrogens (tertiary/aromatic N) is 1. The van der Waals surface area contributed by atoms with E-state index in [1.165, 1.54) is 0 Å². The zero-order chi connectivity index (χ0) is 17.4. The molecule has 1 aromatic carbocycles. The minimum absolute atomic E-state index is 0. The highest BCUT2D eigenvalue weighted by molar-refractivity contribution is 9.10. The zero-order valence-corrected chi connectivity index (χ0v) is 16.8. The van der Waals surface area contributed by atoms with Gasteiger partial charge >= 0.3 is 0 Å². The zero-order valence-electron chi connectivity index (χ0n) is 14.4. The third-order valence-corrected chi connectivity index (χ3v) is 4.76. The molecule has 2 atom stereocenters. The van der Waals surface area contributed by atoms with E-state index < -0.39 is 6.04 Å². The molecular formula is C17H27BrClN3O2. The number of amides is 2. The Hall–Kier alpha value is -1.11. The second kappa shape index (κ2) is 11.4. The summed E-state index contributed by atoms with van der Waals surface area (Å²) >= 11 is 3.47. The van der Waals surface area contributed by atoms with Crippen molar-refractivity contribution >= 4 is 40.2 Å². The summed E-state index contributed by atoms with van der Waals surface area (Å²) in [6, 6.07) is 7.28. The Morgan fingerprint density at radius 2 is 1.96 bits per heavy atom. The quantitative estimate of drug-likeness (QED) is 0.679. The second-order valence-electron chi connectivity index (χ2n) is 5.79. The van der Waals surface area contributed by atoms with Crippen LogP contribution in [0.2, 0.25) is 0 Å². The average molecular weight is 421 g/mol. The number of rotatable bonds is 8. The van der Waals surface area contributed by atoms with Crippen LogP contribution in [0, 0.1) is 5.92 Å². The lowest BCUT2D eigenvalue weighted by molar-refractivity contribution is -0.130. The minimum atomic E-state index is -0.520. The fraction of sp³-hybridized carbons (Fsp3) is 0.529. The first-order valence-electron chi connectivity index (χ1n) is 7.87. The maximum atomic E-state index is 12.1. The number of halogens is 2. The van der Waals surface area contributed by atoms with Crippen molar-refractivity contribution in [3.8, 4) is 0 Å². The third-order valence-electron chi connectivity index (χ3n) is 3.99. The van der Waals surface area contributed by atoms with E-state index >= 15 is 0 Å². The number of hydrogen-bond donors (Lipinski definition) is 2. The van der Waals surface area contributed by atoms with Gasteiger partial charge in [-0.05, 0) is 17.5 Å². The van der Waals surface area contributed by atoms with E-state index in [2.05, 4.69) is 21.2 Å². The van der Waals surface area contributed by atoms with Gasteiger partial charge in [0.05, 0.1) is 6.04 Å². The molecule has 0 aliphatic heterocycles. The molecule has 7 heteroatoms. The van der Waals surface area contributed by atoms with Gasteiger partial charge in [-0.2, -0.15) is 0 Å². The standard InChI is InChI=1S/C17H26BrN3O2.ClH/c1-4-12(2)16(19)17(23)20-10-9-15(22)21(3)11-13-7-5-6-8-14(13)18;/h5-8,12,16H,4,9-11,19H2,1-3H3,(H,20,23);1H. The van der Waals surface area contributed by atoms with Gasteiger partial charge in [0.1, 0.15) is 0 Å². The van der Waals surface area contributed by atoms with Gasteiger partial charge in [-0.15, -0.1) is 12.4 Å². The Morgan fingerprint density at radius 1 is 1.33 bits per heavy atom. The van der Waals surface area contributed by atoms with Gasteiger partial charge < -0.3 is 16.0 Å². The molecule has 1 rings (SSSR count). The summed E-state index contributed by atoms with van der Waals surface area (Å²) < 4.78 is 0.979. The van der Waals surface area contributed by atoms with Crippen LogP contribution in [-0.4, -0.2) is 36.3 Å². The Labute approximate surface area is 158 Å².